The highest BCUT2D eigenvalue weighted by Gasteiger charge is 2.11. The first-order chi connectivity index (χ1) is 10.3. The smallest absolute Gasteiger partial charge is 0.165 e. The molecule has 0 unspecified atom stereocenters. The van der Waals surface area contributed by atoms with Crippen molar-refractivity contribution in [2.75, 3.05) is 39.9 Å². The summed E-state index contributed by atoms with van der Waals surface area (Å²) in [6.07, 6.45) is 3.94. The Morgan fingerprint density at radius 1 is 1.24 bits per heavy atom. The molecule has 1 aliphatic heterocycles. The van der Waals surface area contributed by atoms with Crippen molar-refractivity contribution in [3.63, 3.8) is 0 Å². The summed E-state index contributed by atoms with van der Waals surface area (Å²) in [5.41, 5.74) is 1.16. The van der Waals surface area contributed by atoms with Gasteiger partial charge in [-0.3, -0.25) is 0 Å². The lowest BCUT2D eigenvalue weighted by Crippen LogP contribution is -2.24. The van der Waals surface area contributed by atoms with Gasteiger partial charge < -0.3 is 19.7 Å². The van der Waals surface area contributed by atoms with Gasteiger partial charge in [-0.15, -0.1) is 0 Å². The highest BCUT2D eigenvalue weighted by atomic mass is 16.5. The molecule has 0 spiro atoms. The second-order valence-corrected chi connectivity index (χ2v) is 5.46. The van der Waals surface area contributed by atoms with Gasteiger partial charge in [-0.05, 0) is 58.4 Å². The van der Waals surface area contributed by atoms with Crippen molar-refractivity contribution in [3.05, 3.63) is 23.8 Å². The van der Waals surface area contributed by atoms with E-state index in [4.69, 9.17) is 9.47 Å². The summed E-state index contributed by atoms with van der Waals surface area (Å²) in [6.45, 7) is 8.28. The monoisotopic (exact) mass is 292 g/mol. The quantitative estimate of drug-likeness (QED) is 0.710. The number of hydrogen-bond donors (Lipinski definition) is 1. The summed E-state index contributed by atoms with van der Waals surface area (Å²) >= 11 is 0. The minimum atomic E-state index is 0.656. The molecule has 4 nitrogen and oxygen atoms in total. The predicted octanol–water partition coefficient (Wildman–Crippen LogP) is 2.67. The maximum atomic E-state index is 5.60. The molecule has 0 aromatic heterocycles. The first-order valence-corrected chi connectivity index (χ1v) is 8.07. The largest absolute Gasteiger partial charge is 0.493 e. The van der Waals surface area contributed by atoms with Crippen LogP contribution in [0.2, 0.25) is 0 Å². The molecule has 0 saturated carbocycles. The van der Waals surface area contributed by atoms with E-state index in [0.29, 0.717) is 6.61 Å². The van der Waals surface area contributed by atoms with E-state index in [-0.39, 0.29) is 0 Å². The number of benzene rings is 1. The SMILES string of the molecule is CCOc1cccc(CNCCCN2CCCC2)c1OC. The van der Waals surface area contributed by atoms with Crippen LogP contribution in [0.3, 0.4) is 0 Å². The lowest BCUT2D eigenvalue weighted by atomic mass is 10.2. The summed E-state index contributed by atoms with van der Waals surface area (Å²) in [5, 5.41) is 3.51. The summed E-state index contributed by atoms with van der Waals surface area (Å²) < 4.78 is 11.1. The van der Waals surface area contributed by atoms with E-state index >= 15 is 0 Å². The zero-order valence-corrected chi connectivity index (χ0v) is 13.4. The van der Waals surface area contributed by atoms with Crippen LogP contribution in [0.1, 0.15) is 31.7 Å². The Hall–Kier alpha value is -1.26. The maximum Gasteiger partial charge on any atom is 0.165 e. The minimum absolute atomic E-state index is 0.656. The lowest BCUT2D eigenvalue weighted by Gasteiger charge is -2.16. The van der Waals surface area contributed by atoms with Crippen LogP contribution in [0.25, 0.3) is 0 Å². The van der Waals surface area contributed by atoms with Crippen LogP contribution >= 0.6 is 0 Å². The van der Waals surface area contributed by atoms with Gasteiger partial charge in [0.15, 0.2) is 11.5 Å². The number of rotatable bonds is 9. The number of para-hydroxylation sites is 1. The first-order valence-electron chi connectivity index (χ1n) is 8.07. The molecule has 118 valence electrons. The Bertz CT molecular complexity index is 417. The van der Waals surface area contributed by atoms with Crippen molar-refractivity contribution in [2.45, 2.75) is 32.7 Å². The van der Waals surface area contributed by atoms with E-state index in [1.807, 2.05) is 19.1 Å². The molecule has 0 atom stereocenters. The van der Waals surface area contributed by atoms with E-state index in [2.05, 4.69) is 16.3 Å². The highest BCUT2D eigenvalue weighted by Crippen LogP contribution is 2.30. The molecule has 1 saturated heterocycles. The molecule has 0 aliphatic carbocycles. The molecule has 1 aromatic carbocycles. The second kappa shape index (κ2) is 8.90. The van der Waals surface area contributed by atoms with Crippen molar-refractivity contribution < 1.29 is 9.47 Å². The number of likely N-dealkylation sites (tertiary alicyclic amines) is 1. The molecule has 0 bridgehead atoms. The third-order valence-corrected chi connectivity index (χ3v) is 3.91. The van der Waals surface area contributed by atoms with Crippen molar-refractivity contribution in [1.29, 1.82) is 0 Å². The first kappa shape index (κ1) is 16.1. The Labute approximate surface area is 128 Å². The molecule has 4 heteroatoms. The van der Waals surface area contributed by atoms with Gasteiger partial charge in [0.2, 0.25) is 0 Å². The number of methoxy groups -OCH3 is 1. The predicted molar refractivity (Wildman–Crippen MR) is 86.2 cm³/mol. The molecule has 0 amide bonds. The van der Waals surface area contributed by atoms with Gasteiger partial charge >= 0.3 is 0 Å². The molecule has 0 radical (unpaired) electrons. The molecule has 1 aliphatic rings. The molecular formula is C17H28N2O2. The Morgan fingerprint density at radius 3 is 2.76 bits per heavy atom. The van der Waals surface area contributed by atoms with E-state index in [0.717, 1.165) is 30.2 Å². The van der Waals surface area contributed by atoms with Crippen molar-refractivity contribution >= 4 is 0 Å². The third-order valence-electron chi connectivity index (χ3n) is 3.91. The lowest BCUT2D eigenvalue weighted by molar-refractivity contribution is 0.308. The van der Waals surface area contributed by atoms with Crippen LogP contribution in [0.5, 0.6) is 11.5 Å². The van der Waals surface area contributed by atoms with Crippen molar-refractivity contribution in [3.8, 4) is 11.5 Å². The van der Waals surface area contributed by atoms with Gasteiger partial charge in [-0.25, -0.2) is 0 Å². The zero-order chi connectivity index (χ0) is 14.9. The summed E-state index contributed by atoms with van der Waals surface area (Å²) in [4.78, 5) is 2.55. The maximum absolute atomic E-state index is 5.60. The van der Waals surface area contributed by atoms with E-state index in [1.165, 1.54) is 38.9 Å². The summed E-state index contributed by atoms with van der Waals surface area (Å²) in [7, 11) is 1.70. The van der Waals surface area contributed by atoms with Crippen molar-refractivity contribution in [1.82, 2.24) is 10.2 Å². The number of hydrogen-bond acceptors (Lipinski definition) is 4. The Morgan fingerprint density at radius 2 is 2.05 bits per heavy atom. The van der Waals surface area contributed by atoms with Crippen LogP contribution in [-0.4, -0.2) is 44.8 Å². The molecule has 1 N–H and O–H groups in total. The fraction of sp³-hybridized carbons (Fsp3) is 0.647. The number of nitrogens with one attached hydrogen (secondary N) is 1. The summed E-state index contributed by atoms with van der Waals surface area (Å²) in [5.74, 6) is 1.68. The molecule has 2 rings (SSSR count). The topological polar surface area (TPSA) is 33.7 Å². The second-order valence-electron chi connectivity index (χ2n) is 5.46. The normalized spacial score (nSPS) is 15.3. The van der Waals surface area contributed by atoms with Crippen LogP contribution in [0, 0.1) is 0 Å². The average Bonchev–Trinajstić information content (AvgIpc) is 3.01. The fourth-order valence-electron chi connectivity index (χ4n) is 2.86. The number of nitrogens with zero attached hydrogens (tertiary/aromatic N) is 1. The average molecular weight is 292 g/mol. The van der Waals surface area contributed by atoms with Gasteiger partial charge in [0.25, 0.3) is 0 Å². The van der Waals surface area contributed by atoms with Crippen LogP contribution in [0.4, 0.5) is 0 Å². The Kier molecular flexibility index (Phi) is 6.83. The highest BCUT2D eigenvalue weighted by molar-refractivity contribution is 5.46. The van der Waals surface area contributed by atoms with Crippen LogP contribution in [0.15, 0.2) is 18.2 Å². The van der Waals surface area contributed by atoms with E-state index in [1.54, 1.807) is 7.11 Å². The van der Waals surface area contributed by atoms with Gasteiger partial charge in [0.05, 0.1) is 13.7 Å². The number of ether oxygens (including phenoxy) is 2. The zero-order valence-electron chi connectivity index (χ0n) is 13.4. The van der Waals surface area contributed by atoms with Crippen LogP contribution in [-0.2, 0) is 6.54 Å². The molecule has 1 fully saturated rings. The minimum Gasteiger partial charge on any atom is -0.493 e. The fourth-order valence-corrected chi connectivity index (χ4v) is 2.86. The van der Waals surface area contributed by atoms with Crippen LogP contribution < -0.4 is 14.8 Å². The van der Waals surface area contributed by atoms with Gasteiger partial charge in [-0.1, -0.05) is 12.1 Å². The van der Waals surface area contributed by atoms with Gasteiger partial charge in [-0.2, -0.15) is 0 Å². The summed E-state index contributed by atoms with van der Waals surface area (Å²) in [6, 6.07) is 6.07. The molecule has 21 heavy (non-hydrogen) atoms. The van der Waals surface area contributed by atoms with Crippen molar-refractivity contribution in [2.24, 2.45) is 0 Å². The Balaban J connectivity index is 1.75. The molecule has 1 aromatic rings. The van der Waals surface area contributed by atoms with E-state index < -0.39 is 0 Å². The third kappa shape index (κ3) is 4.90. The van der Waals surface area contributed by atoms with Gasteiger partial charge in [0, 0.05) is 12.1 Å². The standard InChI is InChI=1S/C17H28N2O2/c1-3-21-16-9-6-8-15(17(16)20-2)14-18-10-7-13-19-11-4-5-12-19/h6,8-9,18H,3-5,7,10-14H2,1-2H3. The molecular weight excluding hydrogens is 264 g/mol. The van der Waals surface area contributed by atoms with Gasteiger partial charge in [0.1, 0.15) is 0 Å². The van der Waals surface area contributed by atoms with E-state index in [9.17, 15) is 0 Å². The molecule has 1 heterocycles.